The first kappa shape index (κ1) is 17.9. The van der Waals surface area contributed by atoms with Gasteiger partial charge in [-0.05, 0) is 47.9 Å². The van der Waals surface area contributed by atoms with Gasteiger partial charge in [-0.15, -0.1) is 0 Å². The van der Waals surface area contributed by atoms with Crippen molar-refractivity contribution < 1.29 is 14.3 Å². The lowest BCUT2D eigenvalue weighted by Crippen LogP contribution is -2.42. The van der Waals surface area contributed by atoms with E-state index in [0.717, 1.165) is 22.6 Å². The zero-order chi connectivity index (χ0) is 19.2. The second kappa shape index (κ2) is 6.57. The molecular formula is C21H21ClN2O3. The molecule has 27 heavy (non-hydrogen) atoms. The molecule has 2 amide bonds. The molecule has 0 N–H and O–H groups in total. The molecule has 2 aliphatic heterocycles. The number of likely N-dealkylation sites (N-methyl/N-ethyl adjacent to an activating group) is 1. The molecule has 2 heterocycles. The van der Waals surface area contributed by atoms with Gasteiger partial charge in [-0.25, -0.2) is 0 Å². The first-order valence-corrected chi connectivity index (χ1v) is 9.31. The summed E-state index contributed by atoms with van der Waals surface area (Å²) < 4.78 is 5.35. The first-order chi connectivity index (χ1) is 12.9. The maximum absolute atomic E-state index is 13.1. The Bertz CT molecular complexity index is 912. The van der Waals surface area contributed by atoms with Gasteiger partial charge in [0, 0.05) is 30.8 Å². The number of ether oxygens (including phenoxy) is 1. The van der Waals surface area contributed by atoms with E-state index in [1.807, 2.05) is 30.3 Å². The van der Waals surface area contributed by atoms with Crippen molar-refractivity contribution in [2.24, 2.45) is 0 Å². The predicted octanol–water partition coefficient (Wildman–Crippen LogP) is 3.04. The molecule has 140 valence electrons. The van der Waals surface area contributed by atoms with Gasteiger partial charge in [-0.3, -0.25) is 9.59 Å². The fraction of sp³-hybridized carbons (Fsp3) is 0.333. The third-order valence-corrected chi connectivity index (χ3v) is 5.94. The number of nitrogens with zero attached hydrogens (tertiary/aromatic N) is 2. The fourth-order valence-corrected chi connectivity index (χ4v) is 4.30. The number of hydrogen-bond acceptors (Lipinski definition) is 3. The molecule has 5 nitrogen and oxygen atoms in total. The average molecular weight is 385 g/mol. The summed E-state index contributed by atoms with van der Waals surface area (Å²) in [5.41, 5.74) is 2.10. The zero-order valence-corrected chi connectivity index (χ0v) is 16.1. The lowest BCUT2D eigenvalue weighted by molar-refractivity contribution is -0.130. The van der Waals surface area contributed by atoms with E-state index in [2.05, 4.69) is 0 Å². The van der Waals surface area contributed by atoms with Gasteiger partial charge in [0.2, 0.25) is 11.8 Å². The number of hydrogen-bond donors (Lipinski definition) is 0. The third kappa shape index (κ3) is 2.86. The maximum atomic E-state index is 13.1. The third-order valence-electron chi connectivity index (χ3n) is 5.69. The second-order valence-corrected chi connectivity index (χ2v) is 7.63. The number of fused-ring (bicyclic) bond motifs is 2. The lowest BCUT2D eigenvalue weighted by atomic mass is 9.81. The molecule has 2 aromatic rings. The number of methoxy groups -OCH3 is 1. The predicted molar refractivity (Wildman–Crippen MR) is 104 cm³/mol. The van der Waals surface area contributed by atoms with Crippen LogP contribution in [-0.2, 0) is 21.4 Å². The minimum absolute atomic E-state index is 0.0287. The quantitative estimate of drug-likeness (QED) is 0.817. The Morgan fingerprint density at radius 3 is 2.67 bits per heavy atom. The first-order valence-electron chi connectivity index (χ1n) is 8.93. The van der Waals surface area contributed by atoms with Gasteiger partial charge in [0.1, 0.15) is 5.75 Å². The van der Waals surface area contributed by atoms with Crippen LogP contribution in [0.25, 0.3) is 0 Å². The molecule has 1 fully saturated rings. The van der Waals surface area contributed by atoms with Gasteiger partial charge >= 0.3 is 0 Å². The van der Waals surface area contributed by atoms with Crippen LogP contribution in [0.15, 0.2) is 42.5 Å². The molecular weight excluding hydrogens is 364 g/mol. The van der Waals surface area contributed by atoms with Gasteiger partial charge < -0.3 is 14.5 Å². The van der Waals surface area contributed by atoms with Gasteiger partial charge in [-0.2, -0.15) is 0 Å². The largest absolute Gasteiger partial charge is 0.497 e. The monoisotopic (exact) mass is 384 g/mol. The van der Waals surface area contributed by atoms with Crippen LogP contribution in [0, 0.1) is 0 Å². The summed E-state index contributed by atoms with van der Waals surface area (Å²) in [5, 5.41) is 0.650. The topological polar surface area (TPSA) is 49.9 Å². The van der Waals surface area contributed by atoms with E-state index in [1.165, 1.54) is 0 Å². The standard InChI is InChI=1S/C21H21ClN2O3/c1-23-18-8-7-16(27-2)12-17(18)21(20(23)26)9-10-24(13-21)19(25)11-14-3-5-15(22)6-4-14/h3-8,12H,9-11,13H2,1-2H3/t21-/m0/s1. The molecule has 0 aromatic heterocycles. The van der Waals surface area contributed by atoms with Gasteiger partial charge in [0.15, 0.2) is 0 Å². The maximum Gasteiger partial charge on any atom is 0.239 e. The molecule has 4 rings (SSSR count). The summed E-state index contributed by atoms with van der Waals surface area (Å²) in [6.07, 6.45) is 0.935. The number of anilines is 1. The van der Waals surface area contributed by atoms with E-state index in [9.17, 15) is 9.59 Å². The summed E-state index contributed by atoms with van der Waals surface area (Å²) >= 11 is 5.91. The van der Waals surface area contributed by atoms with E-state index in [1.54, 1.807) is 36.1 Å². The van der Waals surface area contributed by atoms with Crippen molar-refractivity contribution in [2.45, 2.75) is 18.3 Å². The van der Waals surface area contributed by atoms with Crippen LogP contribution in [0.1, 0.15) is 17.5 Å². The zero-order valence-electron chi connectivity index (χ0n) is 15.4. The van der Waals surface area contributed by atoms with E-state index in [-0.39, 0.29) is 11.8 Å². The molecule has 0 bridgehead atoms. The van der Waals surface area contributed by atoms with Crippen molar-refractivity contribution in [3.05, 3.63) is 58.6 Å². The molecule has 1 spiro atoms. The van der Waals surface area contributed by atoms with E-state index < -0.39 is 5.41 Å². The van der Waals surface area contributed by atoms with Crippen molar-refractivity contribution in [2.75, 3.05) is 32.1 Å². The molecule has 0 unspecified atom stereocenters. The molecule has 1 atom stereocenters. The molecule has 6 heteroatoms. The number of amides is 2. The highest BCUT2D eigenvalue weighted by atomic mass is 35.5. The second-order valence-electron chi connectivity index (χ2n) is 7.20. The van der Waals surface area contributed by atoms with Crippen molar-refractivity contribution in [3.63, 3.8) is 0 Å². The lowest BCUT2D eigenvalue weighted by Gasteiger charge is -2.23. The summed E-state index contributed by atoms with van der Waals surface area (Å²) in [5.74, 6) is 0.802. The summed E-state index contributed by atoms with van der Waals surface area (Å²) in [4.78, 5) is 29.4. The Balaban J connectivity index is 1.59. The van der Waals surface area contributed by atoms with Crippen LogP contribution in [0.2, 0.25) is 5.02 Å². The Labute approximate surface area is 163 Å². The van der Waals surface area contributed by atoms with Gasteiger partial charge in [0.25, 0.3) is 0 Å². The highest BCUT2D eigenvalue weighted by Crippen LogP contribution is 2.48. The van der Waals surface area contributed by atoms with E-state index >= 15 is 0 Å². The molecule has 2 aliphatic rings. The summed E-state index contributed by atoms with van der Waals surface area (Å²) in [7, 11) is 3.41. The van der Waals surface area contributed by atoms with Crippen molar-refractivity contribution in [3.8, 4) is 5.75 Å². The van der Waals surface area contributed by atoms with Gasteiger partial charge in [-0.1, -0.05) is 23.7 Å². The van der Waals surface area contributed by atoms with Crippen molar-refractivity contribution >= 4 is 29.1 Å². The fourth-order valence-electron chi connectivity index (χ4n) is 4.17. The Hall–Kier alpha value is -2.53. The van der Waals surface area contributed by atoms with Crippen LogP contribution >= 0.6 is 11.6 Å². The number of benzene rings is 2. The van der Waals surface area contributed by atoms with E-state index in [4.69, 9.17) is 16.3 Å². The summed E-state index contributed by atoms with van der Waals surface area (Å²) in [6.45, 7) is 0.978. The van der Waals surface area contributed by atoms with Crippen molar-refractivity contribution in [1.29, 1.82) is 0 Å². The minimum atomic E-state index is -0.672. The number of carbonyl (C=O) groups is 2. The van der Waals surface area contributed by atoms with Crippen LogP contribution < -0.4 is 9.64 Å². The SMILES string of the molecule is COc1ccc2c(c1)[C@@]1(CCN(C(=O)Cc3ccc(Cl)cc3)C1)C(=O)N2C. The Morgan fingerprint density at radius 2 is 1.96 bits per heavy atom. The van der Waals surface area contributed by atoms with Crippen LogP contribution in [0.4, 0.5) is 5.69 Å². The molecule has 2 aromatic carbocycles. The van der Waals surface area contributed by atoms with Crippen molar-refractivity contribution in [1.82, 2.24) is 4.90 Å². The number of carbonyl (C=O) groups excluding carboxylic acids is 2. The number of rotatable bonds is 3. The number of likely N-dealkylation sites (tertiary alicyclic amines) is 1. The summed E-state index contributed by atoms with van der Waals surface area (Å²) in [6, 6.07) is 13.0. The normalized spacial score (nSPS) is 21.1. The van der Waals surface area contributed by atoms with Gasteiger partial charge in [0.05, 0.1) is 18.9 Å². The van der Waals surface area contributed by atoms with Crippen LogP contribution in [-0.4, -0.2) is 44.0 Å². The molecule has 1 saturated heterocycles. The highest BCUT2D eigenvalue weighted by Gasteiger charge is 2.54. The highest BCUT2D eigenvalue weighted by molar-refractivity contribution is 6.30. The molecule has 0 saturated carbocycles. The van der Waals surface area contributed by atoms with Crippen LogP contribution in [0.3, 0.4) is 0 Å². The Kier molecular flexibility index (Phi) is 4.35. The number of halogens is 1. The minimum Gasteiger partial charge on any atom is -0.497 e. The molecule has 0 aliphatic carbocycles. The van der Waals surface area contributed by atoms with E-state index in [0.29, 0.717) is 31.0 Å². The molecule has 0 radical (unpaired) electrons. The van der Waals surface area contributed by atoms with Crippen LogP contribution in [0.5, 0.6) is 5.75 Å². The Morgan fingerprint density at radius 1 is 1.22 bits per heavy atom. The average Bonchev–Trinajstić information content (AvgIpc) is 3.21. The smallest absolute Gasteiger partial charge is 0.239 e.